The van der Waals surface area contributed by atoms with Crippen LogP contribution < -0.4 is 0 Å². The van der Waals surface area contributed by atoms with Gasteiger partial charge in [0.2, 0.25) is 0 Å². The van der Waals surface area contributed by atoms with E-state index in [-0.39, 0.29) is 6.61 Å². The maximum absolute atomic E-state index is 10.9. The van der Waals surface area contributed by atoms with Gasteiger partial charge in [-0.25, -0.2) is 4.79 Å². The Balaban J connectivity index is 4.03. The minimum Gasteiger partial charge on any atom is -0.463 e. The van der Waals surface area contributed by atoms with Crippen molar-refractivity contribution in [1.29, 1.82) is 0 Å². The molecule has 0 rings (SSSR count). The Hall–Kier alpha value is -0.830. The molecule has 0 aliphatic rings. The molecule has 0 saturated carbocycles. The van der Waals surface area contributed by atoms with Crippen LogP contribution >= 0.6 is 0 Å². The van der Waals surface area contributed by atoms with Gasteiger partial charge in [0.15, 0.2) is 0 Å². The molecule has 0 aromatic carbocycles. The molecule has 0 radical (unpaired) electrons. The summed E-state index contributed by atoms with van der Waals surface area (Å²) in [7, 11) is 0. The summed E-state index contributed by atoms with van der Waals surface area (Å²) in [4.78, 5) is 10.9. The molecule has 11 heavy (non-hydrogen) atoms. The second-order valence-electron chi connectivity index (χ2n) is 2.02. The maximum Gasteiger partial charge on any atom is 0.336 e. The van der Waals surface area contributed by atoms with E-state index < -0.39 is 5.97 Å². The van der Waals surface area contributed by atoms with Gasteiger partial charge in [-0.15, -0.1) is 0 Å². The molecule has 0 heterocycles. The van der Waals surface area contributed by atoms with Crippen molar-refractivity contribution in [2.75, 3.05) is 13.2 Å². The second-order valence-corrected chi connectivity index (χ2v) is 2.02. The van der Waals surface area contributed by atoms with Gasteiger partial charge in [0.05, 0.1) is 18.8 Å². The van der Waals surface area contributed by atoms with Crippen LogP contribution in [0.15, 0.2) is 11.6 Å². The zero-order valence-corrected chi connectivity index (χ0v) is 6.96. The van der Waals surface area contributed by atoms with Gasteiger partial charge < -0.3 is 9.84 Å². The first kappa shape index (κ1) is 10.2. The van der Waals surface area contributed by atoms with Gasteiger partial charge in [-0.2, -0.15) is 0 Å². The van der Waals surface area contributed by atoms with Gasteiger partial charge in [0, 0.05) is 0 Å². The van der Waals surface area contributed by atoms with Crippen LogP contribution in [0, 0.1) is 0 Å². The number of aliphatic hydroxyl groups is 1. The second kappa shape index (κ2) is 5.92. The lowest BCUT2D eigenvalue weighted by Crippen LogP contribution is -2.10. The molecule has 0 spiro atoms. The van der Waals surface area contributed by atoms with Gasteiger partial charge in [0.1, 0.15) is 0 Å². The van der Waals surface area contributed by atoms with Crippen molar-refractivity contribution in [3.8, 4) is 0 Å². The lowest BCUT2D eigenvalue weighted by atomic mass is 10.2. The number of hydrogen-bond donors (Lipinski definition) is 1. The van der Waals surface area contributed by atoms with Crippen LogP contribution in [0.25, 0.3) is 0 Å². The third-order valence-corrected chi connectivity index (χ3v) is 1.16. The van der Waals surface area contributed by atoms with E-state index in [1.54, 1.807) is 13.0 Å². The van der Waals surface area contributed by atoms with Crippen LogP contribution in [0.5, 0.6) is 0 Å². The number of esters is 1. The Morgan fingerprint density at radius 2 is 2.18 bits per heavy atom. The molecule has 3 heteroatoms. The highest BCUT2D eigenvalue weighted by Gasteiger charge is 2.06. The highest BCUT2D eigenvalue weighted by Crippen LogP contribution is 1.98. The molecule has 0 atom stereocenters. The predicted molar refractivity (Wildman–Crippen MR) is 42.1 cm³/mol. The van der Waals surface area contributed by atoms with E-state index in [1.807, 2.05) is 6.92 Å². The van der Waals surface area contributed by atoms with Crippen LogP contribution in [-0.4, -0.2) is 24.3 Å². The van der Waals surface area contributed by atoms with Gasteiger partial charge in [-0.1, -0.05) is 13.0 Å². The molecule has 0 fully saturated rings. The number of aliphatic hydroxyl groups excluding tert-OH is 1. The lowest BCUT2D eigenvalue weighted by Gasteiger charge is -2.02. The first-order valence-electron chi connectivity index (χ1n) is 3.73. The lowest BCUT2D eigenvalue weighted by molar-refractivity contribution is -0.139. The van der Waals surface area contributed by atoms with Crippen molar-refractivity contribution < 1.29 is 14.6 Å². The molecule has 0 amide bonds. The predicted octanol–water partition coefficient (Wildman–Crippen LogP) is 0.878. The quantitative estimate of drug-likeness (QED) is 0.488. The molecule has 0 bridgehead atoms. The molecule has 0 saturated heterocycles. The van der Waals surface area contributed by atoms with Gasteiger partial charge in [-0.05, 0) is 13.3 Å². The third-order valence-electron chi connectivity index (χ3n) is 1.16. The van der Waals surface area contributed by atoms with Gasteiger partial charge in [-0.3, -0.25) is 0 Å². The molecule has 0 aliphatic carbocycles. The monoisotopic (exact) mass is 158 g/mol. The minimum absolute atomic E-state index is 0.243. The Labute approximate surface area is 66.7 Å². The minimum atomic E-state index is -0.420. The van der Waals surface area contributed by atoms with Gasteiger partial charge in [0.25, 0.3) is 0 Å². The molecule has 0 aliphatic heterocycles. The zero-order chi connectivity index (χ0) is 8.69. The standard InChI is InChI=1S/C8H14O3/c1-3-5-7(6-9)8(10)11-4-2/h5,9H,3-4,6H2,1-2H3. The summed E-state index contributed by atoms with van der Waals surface area (Å²) < 4.78 is 4.68. The Morgan fingerprint density at radius 3 is 2.55 bits per heavy atom. The van der Waals surface area contributed by atoms with Crippen molar-refractivity contribution in [2.24, 2.45) is 0 Å². The van der Waals surface area contributed by atoms with E-state index in [9.17, 15) is 4.79 Å². The fraction of sp³-hybridized carbons (Fsp3) is 0.625. The topological polar surface area (TPSA) is 46.5 Å². The normalized spacial score (nSPS) is 11.4. The fourth-order valence-electron chi connectivity index (χ4n) is 0.683. The molecule has 0 unspecified atom stereocenters. The smallest absolute Gasteiger partial charge is 0.336 e. The van der Waals surface area contributed by atoms with Crippen LogP contribution in [0.4, 0.5) is 0 Å². The summed E-state index contributed by atoms with van der Waals surface area (Å²) in [5, 5.41) is 8.69. The van der Waals surface area contributed by atoms with E-state index in [0.717, 1.165) is 6.42 Å². The first-order chi connectivity index (χ1) is 5.26. The van der Waals surface area contributed by atoms with Crippen LogP contribution in [0.3, 0.4) is 0 Å². The first-order valence-corrected chi connectivity index (χ1v) is 3.73. The van der Waals surface area contributed by atoms with Crippen molar-refractivity contribution in [3.63, 3.8) is 0 Å². The summed E-state index contributed by atoms with van der Waals surface area (Å²) in [5.74, 6) is -0.420. The molecule has 0 aromatic heterocycles. The summed E-state index contributed by atoms with van der Waals surface area (Å²) in [6, 6.07) is 0. The Bertz CT molecular complexity index is 149. The zero-order valence-electron chi connectivity index (χ0n) is 6.96. The van der Waals surface area contributed by atoms with Gasteiger partial charge >= 0.3 is 5.97 Å². The Morgan fingerprint density at radius 1 is 1.55 bits per heavy atom. The number of allylic oxidation sites excluding steroid dienone is 1. The molecular formula is C8H14O3. The van der Waals surface area contributed by atoms with E-state index in [1.165, 1.54) is 0 Å². The van der Waals surface area contributed by atoms with E-state index in [2.05, 4.69) is 4.74 Å². The average Bonchev–Trinajstić information content (AvgIpc) is 2.00. The van der Waals surface area contributed by atoms with Crippen molar-refractivity contribution in [3.05, 3.63) is 11.6 Å². The highest BCUT2D eigenvalue weighted by atomic mass is 16.5. The SMILES string of the molecule is CCC=C(CO)C(=O)OCC. The fourth-order valence-corrected chi connectivity index (χ4v) is 0.683. The van der Waals surface area contributed by atoms with Crippen LogP contribution in [-0.2, 0) is 9.53 Å². The average molecular weight is 158 g/mol. The molecule has 1 N–H and O–H groups in total. The number of carbonyl (C=O) groups is 1. The maximum atomic E-state index is 10.9. The molecule has 64 valence electrons. The summed E-state index contributed by atoms with van der Waals surface area (Å²) >= 11 is 0. The summed E-state index contributed by atoms with van der Waals surface area (Å²) in [6.45, 7) is 3.74. The number of carbonyl (C=O) groups excluding carboxylic acids is 1. The van der Waals surface area contributed by atoms with Crippen molar-refractivity contribution >= 4 is 5.97 Å². The summed E-state index contributed by atoms with van der Waals surface area (Å²) in [6.07, 6.45) is 2.40. The van der Waals surface area contributed by atoms with Crippen molar-refractivity contribution in [2.45, 2.75) is 20.3 Å². The van der Waals surface area contributed by atoms with Crippen molar-refractivity contribution in [1.82, 2.24) is 0 Å². The van der Waals surface area contributed by atoms with Crippen LogP contribution in [0.2, 0.25) is 0 Å². The molecule has 0 aromatic rings. The summed E-state index contributed by atoms with van der Waals surface area (Å²) in [5.41, 5.74) is 0.342. The van der Waals surface area contributed by atoms with E-state index in [0.29, 0.717) is 12.2 Å². The largest absolute Gasteiger partial charge is 0.463 e. The number of ether oxygens (including phenoxy) is 1. The number of rotatable bonds is 4. The van der Waals surface area contributed by atoms with E-state index >= 15 is 0 Å². The third kappa shape index (κ3) is 3.78. The molecular weight excluding hydrogens is 144 g/mol. The Kier molecular flexibility index (Phi) is 5.47. The highest BCUT2D eigenvalue weighted by molar-refractivity contribution is 5.88. The number of hydrogen-bond acceptors (Lipinski definition) is 3. The molecule has 3 nitrogen and oxygen atoms in total. The van der Waals surface area contributed by atoms with E-state index in [4.69, 9.17) is 5.11 Å². The van der Waals surface area contributed by atoms with Crippen LogP contribution in [0.1, 0.15) is 20.3 Å².